The van der Waals surface area contributed by atoms with Crippen molar-refractivity contribution in [3.05, 3.63) is 58.2 Å². The highest BCUT2D eigenvalue weighted by atomic mass is 35.5. The van der Waals surface area contributed by atoms with E-state index in [0.717, 1.165) is 0 Å². The van der Waals surface area contributed by atoms with Gasteiger partial charge in [-0.1, -0.05) is 29.3 Å². The predicted molar refractivity (Wildman–Crippen MR) is 74.9 cm³/mol. The van der Waals surface area contributed by atoms with Gasteiger partial charge in [-0.25, -0.2) is 18.7 Å². The maximum atomic E-state index is 13.7. The molecule has 0 saturated carbocycles. The van der Waals surface area contributed by atoms with E-state index in [-0.39, 0.29) is 21.4 Å². The topological polar surface area (TPSA) is 25.8 Å². The number of nitrogens with zero attached hydrogens (tertiary/aromatic N) is 2. The van der Waals surface area contributed by atoms with E-state index in [2.05, 4.69) is 9.97 Å². The molecule has 3 aromatic rings. The van der Waals surface area contributed by atoms with Gasteiger partial charge < -0.3 is 0 Å². The summed E-state index contributed by atoms with van der Waals surface area (Å²) in [6.07, 6.45) is 0. The fraction of sp³-hybridized carbons (Fsp3) is 0. The molecular formula is C14H6Cl2F2N2. The number of rotatable bonds is 1. The number of hydrogen-bond acceptors (Lipinski definition) is 2. The van der Waals surface area contributed by atoms with E-state index in [9.17, 15) is 8.78 Å². The molecule has 0 radical (unpaired) electrons. The molecule has 2 aromatic carbocycles. The molecule has 0 fully saturated rings. The van der Waals surface area contributed by atoms with Crippen LogP contribution in [-0.2, 0) is 0 Å². The van der Waals surface area contributed by atoms with Crippen molar-refractivity contribution in [2.24, 2.45) is 0 Å². The molecule has 2 nitrogen and oxygen atoms in total. The van der Waals surface area contributed by atoms with Gasteiger partial charge in [-0.3, -0.25) is 0 Å². The van der Waals surface area contributed by atoms with Crippen molar-refractivity contribution < 1.29 is 8.78 Å². The van der Waals surface area contributed by atoms with Gasteiger partial charge in [0.25, 0.3) is 0 Å². The Morgan fingerprint density at radius 1 is 0.900 bits per heavy atom. The van der Waals surface area contributed by atoms with Crippen LogP contribution >= 0.6 is 23.2 Å². The van der Waals surface area contributed by atoms with Crippen molar-refractivity contribution in [1.82, 2.24) is 9.97 Å². The first kappa shape index (κ1) is 13.2. The lowest BCUT2D eigenvalue weighted by molar-refractivity contribution is 0.628. The van der Waals surface area contributed by atoms with Gasteiger partial charge in [0.15, 0.2) is 5.82 Å². The first-order valence-electron chi connectivity index (χ1n) is 5.63. The van der Waals surface area contributed by atoms with Crippen molar-refractivity contribution >= 4 is 34.1 Å². The highest BCUT2D eigenvalue weighted by Gasteiger charge is 2.12. The minimum absolute atomic E-state index is 0.00619. The van der Waals surface area contributed by atoms with Crippen LogP contribution in [0.15, 0.2) is 36.4 Å². The van der Waals surface area contributed by atoms with Crippen molar-refractivity contribution in [3.8, 4) is 11.4 Å². The zero-order chi connectivity index (χ0) is 14.3. The van der Waals surface area contributed by atoms with Crippen LogP contribution < -0.4 is 0 Å². The van der Waals surface area contributed by atoms with Gasteiger partial charge in [-0.15, -0.1) is 0 Å². The van der Waals surface area contributed by atoms with E-state index in [1.54, 1.807) is 12.1 Å². The molecule has 0 bridgehead atoms. The minimum atomic E-state index is -0.580. The maximum Gasteiger partial charge on any atom is 0.161 e. The van der Waals surface area contributed by atoms with Crippen molar-refractivity contribution in [2.45, 2.75) is 0 Å². The summed E-state index contributed by atoms with van der Waals surface area (Å²) in [7, 11) is 0. The second-order valence-corrected chi connectivity index (χ2v) is 4.87. The van der Waals surface area contributed by atoms with E-state index in [0.29, 0.717) is 11.1 Å². The molecule has 1 heterocycles. The molecule has 0 amide bonds. The van der Waals surface area contributed by atoms with Crippen molar-refractivity contribution in [2.75, 3.05) is 0 Å². The third-order valence-corrected chi connectivity index (χ3v) is 3.39. The summed E-state index contributed by atoms with van der Waals surface area (Å²) >= 11 is 11.6. The van der Waals surface area contributed by atoms with Crippen molar-refractivity contribution in [3.63, 3.8) is 0 Å². The summed E-state index contributed by atoms with van der Waals surface area (Å²) in [6, 6.07) is 8.59. The highest BCUT2D eigenvalue weighted by Crippen LogP contribution is 2.28. The highest BCUT2D eigenvalue weighted by molar-refractivity contribution is 6.34. The van der Waals surface area contributed by atoms with Crippen LogP contribution in [0.4, 0.5) is 8.78 Å². The Labute approximate surface area is 123 Å². The molecule has 3 rings (SSSR count). The number of benzene rings is 2. The molecule has 0 aliphatic heterocycles. The van der Waals surface area contributed by atoms with Crippen LogP contribution in [0.5, 0.6) is 0 Å². The molecule has 0 aliphatic carbocycles. The van der Waals surface area contributed by atoms with E-state index in [1.165, 1.54) is 24.3 Å². The largest absolute Gasteiger partial charge is 0.228 e. The SMILES string of the molecule is Fc1cc(-c2nc(Cl)c3c(F)cccc3n2)ccc1Cl. The predicted octanol–water partition coefficient (Wildman–Crippen LogP) is 4.88. The van der Waals surface area contributed by atoms with E-state index >= 15 is 0 Å². The maximum absolute atomic E-state index is 13.7. The Morgan fingerprint density at radius 3 is 2.45 bits per heavy atom. The lowest BCUT2D eigenvalue weighted by Crippen LogP contribution is -1.94. The summed E-state index contributed by atoms with van der Waals surface area (Å²) < 4.78 is 27.1. The molecule has 0 spiro atoms. The molecule has 0 aliphatic rings. The molecule has 0 atom stereocenters. The van der Waals surface area contributed by atoms with Crippen LogP contribution in [0, 0.1) is 11.6 Å². The van der Waals surface area contributed by atoms with E-state index in [4.69, 9.17) is 23.2 Å². The van der Waals surface area contributed by atoms with Gasteiger partial charge in [-0.05, 0) is 30.3 Å². The smallest absolute Gasteiger partial charge is 0.161 e. The van der Waals surface area contributed by atoms with Crippen LogP contribution in [0.1, 0.15) is 0 Å². The summed E-state index contributed by atoms with van der Waals surface area (Å²) in [5, 5.41) is 0.137. The summed E-state index contributed by atoms with van der Waals surface area (Å²) in [5.41, 5.74) is 0.773. The van der Waals surface area contributed by atoms with Crippen LogP contribution in [-0.4, -0.2) is 9.97 Å². The first-order chi connectivity index (χ1) is 9.56. The van der Waals surface area contributed by atoms with Gasteiger partial charge in [0.2, 0.25) is 0 Å². The van der Waals surface area contributed by atoms with Gasteiger partial charge in [0.05, 0.1) is 15.9 Å². The third-order valence-electron chi connectivity index (χ3n) is 2.81. The summed E-state index contributed by atoms with van der Waals surface area (Å²) in [6.45, 7) is 0. The Morgan fingerprint density at radius 2 is 1.70 bits per heavy atom. The summed E-state index contributed by atoms with van der Waals surface area (Å²) in [4.78, 5) is 8.20. The molecular weight excluding hydrogens is 305 g/mol. The van der Waals surface area contributed by atoms with Crippen LogP contribution in [0.2, 0.25) is 10.2 Å². The molecule has 20 heavy (non-hydrogen) atoms. The normalized spacial score (nSPS) is 11.0. The molecule has 0 saturated heterocycles. The lowest BCUT2D eigenvalue weighted by atomic mass is 10.2. The average molecular weight is 311 g/mol. The number of fused-ring (bicyclic) bond motifs is 1. The van der Waals surface area contributed by atoms with E-state index in [1.807, 2.05) is 0 Å². The second kappa shape index (κ2) is 4.96. The Kier molecular flexibility index (Phi) is 3.28. The van der Waals surface area contributed by atoms with Gasteiger partial charge in [0.1, 0.15) is 16.8 Å². The Balaban J connectivity index is 2.25. The van der Waals surface area contributed by atoms with Crippen LogP contribution in [0.25, 0.3) is 22.3 Å². The molecule has 0 unspecified atom stereocenters. The third kappa shape index (κ3) is 2.21. The lowest BCUT2D eigenvalue weighted by Gasteiger charge is -2.06. The zero-order valence-electron chi connectivity index (χ0n) is 9.87. The number of aromatic nitrogens is 2. The molecule has 1 aromatic heterocycles. The van der Waals surface area contributed by atoms with Crippen LogP contribution in [0.3, 0.4) is 0 Å². The fourth-order valence-electron chi connectivity index (χ4n) is 1.86. The standard InChI is InChI=1S/C14H6Cl2F2N2/c15-8-5-4-7(6-10(8)18)14-19-11-3-1-2-9(17)12(11)13(16)20-14/h1-6H. The fourth-order valence-corrected chi connectivity index (χ4v) is 2.25. The van der Waals surface area contributed by atoms with Gasteiger partial charge >= 0.3 is 0 Å². The quantitative estimate of drug-likeness (QED) is 0.598. The minimum Gasteiger partial charge on any atom is -0.228 e. The Bertz CT molecular complexity index is 822. The number of hydrogen-bond donors (Lipinski definition) is 0. The number of halogens is 4. The second-order valence-electron chi connectivity index (χ2n) is 4.10. The summed E-state index contributed by atoms with van der Waals surface area (Å²) in [5.74, 6) is -0.867. The van der Waals surface area contributed by atoms with Crippen molar-refractivity contribution in [1.29, 1.82) is 0 Å². The van der Waals surface area contributed by atoms with Gasteiger partial charge in [0, 0.05) is 5.56 Å². The Hall–Kier alpha value is -1.78. The van der Waals surface area contributed by atoms with E-state index < -0.39 is 11.6 Å². The molecule has 6 heteroatoms. The zero-order valence-corrected chi connectivity index (χ0v) is 11.4. The molecule has 100 valence electrons. The molecule has 0 N–H and O–H groups in total. The first-order valence-corrected chi connectivity index (χ1v) is 6.39. The van der Waals surface area contributed by atoms with Gasteiger partial charge in [-0.2, -0.15) is 0 Å². The monoisotopic (exact) mass is 310 g/mol. The average Bonchev–Trinajstić information content (AvgIpc) is 2.41.